The van der Waals surface area contributed by atoms with E-state index in [0.717, 1.165) is 23.4 Å². The number of benzene rings is 2. The van der Waals surface area contributed by atoms with Crippen molar-refractivity contribution < 1.29 is 4.21 Å². The maximum atomic E-state index is 12.0. The van der Waals surface area contributed by atoms with Crippen LogP contribution in [0.4, 0.5) is 0 Å². The molecule has 0 bridgehead atoms. The van der Waals surface area contributed by atoms with Crippen molar-refractivity contribution in [3.8, 4) is 0 Å². The minimum atomic E-state index is -0.903. The molecule has 1 unspecified atom stereocenters. The Morgan fingerprint density at radius 3 is 2.65 bits per heavy atom. The van der Waals surface area contributed by atoms with E-state index in [-0.39, 0.29) is 0 Å². The Balaban J connectivity index is 2.15. The Labute approximate surface area is 104 Å². The van der Waals surface area contributed by atoms with Crippen molar-refractivity contribution in [2.45, 2.75) is 11.8 Å². The molecular weight excluding hydrogens is 230 g/mol. The number of fused-ring (bicyclic) bond motifs is 1. The van der Waals surface area contributed by atoms with Gasteiger partial charge in [0.05, 0.1) is 10.8 Å². The lowest BCUT2D eigenvalue weighted by Gasteiger charge is -2.04. The highest BCUT2D eigenvalue weighted by molar-refractivity contribution is 7.85. The van der Waals surface area contributed by atoms with E-state index >= 15 is 0 Å². The van der Waals surface area contributed by atoms with Gasteiger partial charge in [0.15, 0.2) is 0 Å². The van der Waals surface area contributed by atoms with E-state index in [2.05, 4.69) is 24.4 Å². The lowest BCUT2D eigenvalue weighted by Crippen LogP contribution is -2.19. The normalized spacial score (nSPS) is 12.8. The van der Waals surface area contributed by atoms with Crippen LogP contribution in [0, 0.1) is 0 Å². The molecule has 0 aliphatic carbocycles. The highest BCUT2D eigenvalue weighted by atomic mass is 32.2. The average Bonchev–Trinajstić information content (AvgIpc) is 2.38. The molecule has 3 heteroatoms. The molecule has 0 radical (unpaired) electrons. The molecule has 1 atom stereocenters. The monoisotopic (exact) mass is 247 g/mol. The molecule has 17 heavy (non-hydrogen) atoms. The molecule has 2 aromatic rings. The zero-order valence-electron chi connectivity index (χ0n) is 9.98. The third kappa shape index (κ3) is 3.14. The summed E-state index contributed by atoms with van der Waals surface area (Å²) in [6.45, 7) is 3.78. The summed E-state index contributed by atoms with van der Waals surface area (Å²) in [6, 6.07) is 14.2. The fraction of sp³-hybridized carbons (Fsp3) is 0.286. The van der Waals surface area contributed by atoms with Gasteiger partial charge in [-0.1, -0.05) is 37.3 Å². The minimum absolute atomic E-state index is 0.673. The number of nitrogens with one attached hydrogen (secondary N) is 1. The summed E-state index contributed by atoms with van der Waals surface area (Å²) in [7, 11) is -0.903. The predicted octanol–water partition coefficient (Wildman–Crippen LogP) is 2.56. The molecule has 2 nitrogen and oxygen atoms in total. The van der Waals surface area contributed by atoms with Crippen molar-refractivity contribution in [2.24, 2.45) is 0 Å². The highest BCUT2D eigenvalue weighted by Gasteiger charge is 2.03. The molecule has 0 aliphatic heterocycles. The van der Waals surface area contributed by atoms with Crippen LogP contribution in [0.15, 0.2) is 47.4 Å². The smallest absolute Gasteiger partial charge is 0.0542 e. The van der Waals surface area contributed by atoms with E-state index in [1.54, 1.807) is 0 Å². The standard InChI is InChI=1S/C14H17NOS/c1-2-15-9-10-17(16)14-8-7-12-5-3-4-6-13(12)11-14/h3-8,11,15H,2,9-10H2,1H3. The first-order valence-corrected chi connectivity index (χ1v) is 7.21. The van der Waals surface area contributed by atoms with Gasteiger partial charge in [-0.2, -0.15) is 0 Å². The second-order valence-electron chi connectivity index (χ2n) is 3.91. The molecule has 0 fully saturated rings. The summed E-state index contributed by atoms with van der Waals surface area (Å²) in [5.41, 5.74) is 0. The van der Waals surface area contributed by atoms with Crippen LogP contribution in [0.2, 0.25) is 0 Å². The Bertz CT molecular complexity index is 524. The van der Waals surface area contributed by atoms with Gasteiger partial charge in [-0.3, -0.25) is 4.21 Å². The molecule has 0 amide bonds. The second kappa shape index (κ2) is 5.94. The van der Waals surface area contributed by atoms with Crippen LogP contribution in [0.25, 0.3) is 10.8 Å². The summed E-state index contributed by atoms with van der Waals surface area (Å²) in [5, 5.41) is 5.54. The van der Waals surface area contributed by atoms with Crippen molar-refractivity contribution in [2.75, 3.05) is 18.8 Å². The van der Waals surface area contributed by atoms with Gasteiger partial charge in [-0.15, -0.1) is 0 Å². The SMILES string of the molecule is CCNCCS(=O)c1ccc2ccccc2c1. The lowest BCUT2D eigenvalue weighted by molar-refractivity contribution is 0.677. The van der Waals surface area contributed by atoms with Crippen LogP contribution in [0.1, 0.15) is 6.92 Å². The van der Waals surface area contributed by atoms with Crippen molar-refractivity contribution in [1.82, 2.24) is 5.32 Å². The third-order valence-electron chi connectivity index (χ3n) is 2.70. The van der Waals surface area contributed by atoms with Gasteiger partial charge in [0.1, 0.15) is 0 Å². The van der Waals surface area contributed by atoms with Crippen molar-refractivity contribution in [3.63, 3.8) is 0 Å². The Morgan fingerprint density at radius 2 is 1.88 bits per heavy atom. The van der Waals surface area contributed by atoms with Gasteiger partial charge in [-0.05, 0) is 29.4 Å². The molecule has 90 valence electrons. The summed E-state index contributed by atoms with van der Waals surface area (Å²) < 4.78 is 12.0. The quantitative estimate of drug-likeness (QED) is 0.823. The molecule has 0 aromatic heterocycles. The summed E-state index contributed by atoms with van der Waals surface area (Å²) >= 11 is 0. The van der Waals surface area contributed by atoms with Gasteiger partial charge < -0.3 is 5.32 Å². The van der Waals surface area contributed by atoms with Crippen LogP contribution < -0.4 is 5.32 Å². The Hall–Kier alpha value is -1.19. The lowest BCUT2D eigenvalue weighted by atomic mass is 10.1. The van der Waals surface area contributed by atoms with E-state index in [1.165, 1.54) is 5.39 Å². The molecule has 2 aromatic carbocycles. The fourth-order valence-electron chi connectivity index (χ4n) is 1.77. The number of rotatable bonds is 5. The summed E-state index contributed by atoms with van der Waals surface area (Å²) in [4.78, 5) is 0.918. The molecule has 2 rings (SSSR count). The van der Waals surface area contributed by atoms with E-state index < -0.39 is 10.8 Å². The molecule has 0 spiro atoms. The van der Waals surface area contributed by atoms with Gasteiger partial charge in [0, 0.05) is 17.2 Å². The third-order valence-corrected chi connectivity index (χ3v) is 4.05. The molecule has 0 saturated heterocycles. The van der Waals surface area contributed by atoms with Crippen LogP contribution in [0.3, 0.4) is 0 Å². The Morgan fingerprint density at radius 1 is 1.12 bits per heavy atom. The first kappa shape index (κ1) is 12.3. The molecule has 0 saturated carbocycles. The second-order valence-corrected chi connectivity index (χ2v) is 5.48. The fourth-order valence-corrected chi connectivity index (χ4v) is 2.81. The summed E-state index contributed by atoms with van der Waals surface area (Å²) in [5.74, 6) is 0.673. The topological polar surface area (TPSA) is 29.1 Å². The molecule has 0 aliphatic rings. The van der Waals surface area contributed by atoms with Crippen LogP contribution in [-0.4, -0.2) is 23.1 Å². The molecule has 0 heterocycles. The largest absolute Gasteiger partial charge is 0.316 e. The van der Waals surface area contributed by atoms with Crippen LogP contribution in [-0.2, 0) is 10.8 Å². The van der Waals surface area contributed by atoms with Crippen molar-refractivity contribution in [1.29, 1.82) is 0 Å². The van der Waals surface area contributed by atoms with E-state index in [9.17, 15) is 4.21 Å². The zero-order valence-corrected chi connectivity index (χ0v) is 10.8. The maximum absolute atomic E-state index is 12.0. The zero-order chi connectivity index (χ0) is 12.1. The molecular formula is C14H17NOS. The first-order chi connectivity index (χ1) is 8.31. The summed E-state index contributed by atoms with van der Waals surface area (Å²) in [6.07, 6.45) is 0. The van der Waals surface area contributed by atoms with E-state index in [0.29, 0.717) is 5.75 Å². The van der Waals surface area contributed by atoms with E-state index in [4.69, 9.17) is 0 Å². The van der Waals surface area contributed by atoms with Gasteiger partial charge in [0.2, 0.25) is 0 Å². The van der Waals surface area contributed by atoms with Crippen molar-refractivity contribution in [3.05, 3.63) is 42.5 Å². The van der Waals surface area contributed by atoms with Crippen LogP contribution >= 0.6 is 0 Å². The number of hydrogen-bond donors (Lipinski definition) is 1. The predicted molar refractivity (Wildman–Crippen MR) is 73.8 cm³/mol. The van der Waals surface area contributed by atoms with E-state index in [1.807, 2.05) is 30.3 Å². The molecule has 1 N–H and O–H groups in total. The maximum Gasteiger partial charge on any atom is 0.0542 e. The van der Waals surface area contributed by atoms with Gasteiger partial charge in [-0.25, -0.2) is 0 Å². The van der Waals surface area contributed by atoms with Gasteiger partial charge in [0.25, 0.3) is 0 Å². The minimum Gasteiger partial charge on any atom is -0.316 e. The first-order valence-electron chi connectivity index (χ1n) is 5.89. The van der Waals surface area contributed by atoms with Crippen molar-refractivity contribution >= 4 is 21.6 Å². The number of hydrogen-bond acceptors (Lipinski definition) is 2. The highest BCUT2D eigenvalue weighted by Crippen LogP contribution is 2.17. The Kier molecular flexibility index (Phi) is 4.29. The van der Waals surface area contributed by atoms with Crippen LogP contribution in [0.5, 0.6) is 0 Å². The van der Waals surface area contributed by atoms with Gasteiger partial charge >= 0.3 is 0 Å². The average molecular weight is 247 g/mol.